The third-order valence-electron chi connectivity index (χ3n) is 3.34. The number of nitrogens with one attached hydrogen (secondary N) is 1. The zero-order valence-corrected chi connectivity index (χ0v) is 12.6. The molecule has 0 aliphatic carbocycles. The minimum Gasteiger partial charge on any atom is -0.490 e. The number of urea groups is 1. The number of fused-ring (bicyclic) bond motifs is 1. The predicted octanol–water partition coefficient (Wildman–Crippen LogP) is 3.68. The van der Waals surface area contributed by atoms with E-state index in [1.54, 1.807) is 24.3 Å². The maximum absolute atomic E-state index is 12.5. The third kappa shape index (κ3) is 3.19. The van der Waals surface area contributed by atoms with Crippen molar-refractivity contribution in [1.29, 1.82) is 0 Å². The van der Waals surface area contributed by atoms with E-state index in [1.807, 2.05) is 0 Å². The van der Waals surface area contributed by atoms with Crippen molar-refractivity contribution < 1.29 is 14.5 Å². The smallest absolute Gasteiger partial charge is 0.326 e. The number of anilines is 2. The monoisotopic (exact) mass is 333 g/mol. The molecule has 118 valence electrons. The lowest BCUT2D eigenvalue weighted by Crippen LogP contribution is -2.40. The predicted molar refractivity (Wildman–Crippen MR) is 86.4 cm³/mol. The minimum absolute atomic E-state index is 0.102. The molecule has 0 spiro atoms. The van der Waals surface area contributed by atoms with Gasteiger partial charge in [0.1, 0.15) is 12.4 Å². The van der Waals surface area contributed by atoms with Gasteiger partial charge in [-0.3, -0.25) is 15.0 Å². The van der Waals surface area contributed by atoms with Gasteiger partial charge in [-0.2, -0.15) is 0 Å². The quantitative estimate of drug-likeness (QED) is 0.671. The van der Waals surface area contributed by atoms with Crippen LogP contribution in [0.25, 0.3) is 0 Å². The fraction of sp³-hybridized carbons (Fsp3) is 0.133. The molecule has 0 saturated carbocycles. The van der Waals surface area contributed by atoms with Gasteiger partial charge >= 0.3 is 6.03 Å². The molecule has 1 aliphatic heterocycles. The number of benzene rings is 2. The first-order valence-electron chi connectivity index (χ1n) is 6.80. The minimum atomic E-state index is -0.512. The van der Waals surface area contributed by atoms with Crippen molar-refractivity contribution in [3.63, 3.8) is 0 Å². The van der Waals surface area contributed by atoms with Gasteiger partial charge in [0.25, 0.3) is 5.69 Å². The summed E-state index contributed by atoms with van der Waals surface area (Å²) >= 11 is 5.89. The van der Waals surface area contributed by atoms with Crippen LogP contribution in [0.4, 0.5) is 21.9 Å². The number of amides is 2. The molecule has 2 amide bonds. The summed E-state index contributed by atoms with van der Waals surface area (Å²) < 4.78 is 5.44. The van der Waals surface area contributed by atoms with E-state index in [4.69, 9.17) is 16.3 Å². The largest absolute Gasteiger partial charge is 0.490 e. The van der Waals surface area contributed by atoms with Crippen LogP contribution in [0.15, 0.2) is 42.5 Å². The van der Waals surface area contributed by atoms with Gasteiger partial charge in [0.2, 0.25) is 0 Å². The van der Waals surface area contributed by atoms with Gasteiger partial charge < -0.3 is 10.1 Å². The van der Waals surface area contributed by atoms with Crippen LogP contribution >= 0.6 is 11.6 Å². The Kier molecular flexibility index (Phi) is 4.03. The number of nitro benzene ring substituents is 1. The molecule has 1 heterocycles. The zero-order chi connectivity index (χ0) is 16.4. The highest BCUT2D eigenvalue weighted by Gasteiger charge is 2.26. The van der Waals surface area contributed by atoms with Gasteiger partial charge in [-0.15, -0.1) is 0 Å². The van der Waals surface area contributed by atoms with Gasteiger partial charge in [-0.05, 0) is 24.3 Å². The fourth-order valence-electron chi connectivity index (χ4n) is 2.29. The molecule has 0 aromatic heterocycles. The van der Waals surface area contributed by atoms with Crippen molar-refractivity contribution >= 4 is 34.7 Å². The van der Waals surface area contributed by atoms with E-state index in [-0.39, 0.29) is 5.69 Å². The summed E-state index contributed by atoms with van der Waals surface area (Å²) in [6, 6.07) is 10.5. The van der Waals surface area contributed by atoms with E-state index in [9.17, 15) is 14.9 Å². The number of hydrogen-bond acceptors (Lipinski definition) is 4. The summed E-state index contributed by atoms with van der Waals surface area (Å²) in [5, 5.41) is 14.1. The first-order valence-corrected chi connectivity index (χ1v) is 7.18. The molecule has 0 saturated heterocycles. The van der Waals surface area contributed by atoms with E-state index >= 15 is 0 Å². The molecule has 2 aromatic rings. The molecule has 3 rings (SSSR count). The second-order valence-corrected chi connectivity index (χ2v) is 5.29. The Bertz CT molecular complexity index is 781. The Balaban J connectivity index is 1.88. The average Bonchev–Trinajstić information content (AvgIpc) is 2.53. The number of hydrogen-bond donors (Lipinski definition) is 1. The SMILES string of the molecule is O=C(Nc1cccc(Cl)c1)N1CCOc2ccc([N+](=O)[O-])cc21. The van der Waals surface area contributed by atoms with Gasteiger partial charge in [-0.1, -0.05) is 17.7 Å². The summed E-state index contributed by atoms with van der Waals surface area (Å²) in [4.78, 5) is 24.3. The van der Waals surface area contributed by atoms with E-state index in [0.717, 1.165) is 0 Å². The maximum atomic E-state index is 12.5. The van der Waals surface area contributed by atoms with E-state index < -0.39 is 11.0 Å². The Morgan fingerprint density at radius 1 is 1.30 bits per heavy atom. The van der Waals surface area contributed by atoms with Gasteiger partial charge in [0.15, 0.2) is 0 Å². The Hall–Kier alpha value is -2.80. The zero-order valence-electron chi connectivity index (χ0n) is 11.9. The lowest BCUT2D eigenvalue weighted by Gasteiger charge is -2.29. The molecular weight excluding hydrogens is 322 g/mol. The van der Waals surface area contributed by atoms with Crippen LogP contribution in [0.2, 0.25) is 5.02 Å². The normalized spacial score (nSPS) is 13.0. The average molecular weight is 334 g/mol. The fourth-order valence-corrected chi connectivity index (χ4v) is 2.48. The van der Waals surface area contributed by atoms with Gasteiger partial charge in [-0.25, -0.2) is 4.79 Å². The van der Waals surface area contributed by atoms with Crippen LogP contribution in [0.5, 0.6) is 5.75 Å². The summed E-state index contributed by atoms with van der Waals surface area (Å²) in [6.07, 6.45) is 0. The molecule has 7 nitrogen and oxygen atoms in total. The lowest BCUT2D eigenvalue weighted by molar-refractivity contribution is -0.384. The van der Waals surface area contributed by atoms with Gasteiger partial charge in [0.05, 0.1) is 17.2 Å². The van der Waals surface area contributed by atoms with Crippen molar-refractivity contribution in [1.82, 2.24) is 0 Å². The van der Waals surface area contributed by atoms with E-state index in [1.165, 1.54) is 23.1 Å². The summed E-state index contributed by atoms with van der Waals surface area (Å²) in [5.41, 5.74) is 0.806. The van der Waals surface area contributed by atoms with E-state index in [0.29, 0.717) is 35.3 Å². The molecule has 0 radical (unpaired) electrons. The molecule has 1 N–H and O–H groups in total. The number of nitrogens with zero attached hydrogens (tertiary/aromatic N) is 2. The highest BCUT2D eigenvalue weighted by Crippen LogP contribution is 2.35. The molecular formula is C15H12ClN3O4. The van der Waals surface area contributed by atoms with Crippen LogP contribution in [-0.2, 0) is 0 Å². The molecule has 0 atom stereocenters. The van der Waals surface area contributed by atoms with E-state index in [2.05, 4.69) is 5.32 Å². The van der Waals surface area contributed by atoms with Crippen LogP contribution < -0.4 is 15.0 Å². The highest BCUT2D eigenvalue weighted by atomic mass is 35.5. The topological polar surface area (TPSA) is 84.7 Å². The van der Waals surface area contributed by atoms with Crippen molar-refractivity contribution in [2.24, 2.45) is 0 Å². The maximum Gasteiger partial charge on any atom is 0.326 e. The molecule has 23 heavy (non-hydrogen) atoms. The van der Waals surface area contributed by atoms with Crippen LogP contribution in [0.3, 0.4) is 0 Å². The second-order valence-electron chi connectivity index (χ2n) is 4.85. The Labute approximate surface area is 136 Å². The standard InChI is InChI=1S/C15H12ClN3O4/c16-10-2-1-3-11(8-10)17-15(20)18-6-7-23-14-5-4-12(19(21)22)9-13(14)18/h1-5,8-9H,6-7H2,(H,17,20). The molecule has 0 unspecified atom stereocenters. The highest BCUT2D eigenvalue weighted by molar-refractivity contribution is 6.30. The number of carbonyl (C=O) groups is 1. The number of carbonyl (C=O) groups excluding carboxylic acids is 1. The summed E-state index contributed by atoms with van der Waals surface area (Å²) in [7, 11) is 0. The van der Waals surface area contributed by atoms with Crippen molar-refractivity contribution in [3.8, 4) is 5.75 Å². The summed E-state index contributed by atoms with van der Waals surface area (Å²) in [5.74, 6) is 0.433. The first-order chi connectivity index (χ1) is 11.0. The number of halogens is 1. The van der Waals surface area contributed by atoms with Crippen LogP contribution in [-0.4, -0.2) is 24.1 Å². The second kappa shape index (κ2) is 6.13. The van der Waals surface area contributed by atoms with Crippen molar-refractivity contribution in [2.75, 3.05) is 23.4 Å². The molecule has 0 bridgehead atoms. The molecule has 1 aliphatic rings. The summed E-state index contributed by atoms with van der Waals surface area (Å²) in [6.45, 7) is 0.605. The number of nitro groups is 1. The Morgan fingerprint density at radius 3 is 2.87 bits per heavy atom. The van der Waals surface area contributed by atoms with Crippen molar-refractivity contribution in [3.05, 3.63) is 57.6 Å². The number of ether oxygens (including phenoxy) is 1. The first kappa shape index (κ1) is 15.1. The molecule has 8 heteroatoms. The number of rotatable bonds is 2. The van der Waals surface area contributed by atoms with Crippen LogP contribution in [0, 0.1) is 10.1 Å². The number of non-ortho nitro benzene ring substituents is 1. The Morgan fingerprint density at radius 2 is 2.13 bits per heavy atom. The van der Waals surface area contributed by atoms with Crippen molar-refractivity contribution in [2.45, 2.75) is 0 Å². The molecule has 0 fully saturated rings. The third-order valence-corrected chi connectivity index (χ3v) is 3.57. The lowest BCUT2D eigenvalue weighted by atomic mass is 10.2. The van der Waals surface area contributed by atoms with Gasteiger partial charge in [0, 0.05) is 22.8 Å². The molecule has 2 aromatic carbocycles. The van der Waals surface area contributed by atoms with Crippen LogP contribution in [0.1, 0.15) is 0 Å².